The Balaban J connectivity index is 0.00000961. The summed E-state index contributed by atoms with van der Waals surface area (Å²) in [4.78, 5) is 18.2. The van der Waals surface area contributed by atoms with Crippen LogP contribution in [0.1, 0.15) is 46.6 Å². The molecule has 1 aromatic carbocycles. The summed E-state index contributed by atoms with van der Waals surface area (Å²) in [6.07, 6.45) is 0.370. The van der Waals surface area contributed by atoms with Crippen molar-refractivity contribution in [3.05, 3.63) is 29.8 Å². The monoisotopic (exact) mass is 563 g/mol. The van der Waals surface area contributed by atoms with Crippen LogP contribution in [0.3, 0.4) is 0 Å². The van der Waals surface area contributed by atoms with Crippen LogP contribution in [0, 0.1) is 0 Å². The number of guanidine groups is 1. The molecule has 0 aromatic heterocycles. The number of hydrogen-bond acceptors (Lipinski definition) is 5. The molecule has 0 saturated carbocycles. The molecule has 0 bridgehead atoms. The van der Waals surface area contributed by atoms with Crippen molar-refractivity contribution in [3.63, 3.8) is 0 Å². The predicted molar refractivity (Wildman–Crippen MR) is 142 cm³/mol. The molecular weight excluding hydrogens is 521 g/mol. The Morgan fingerprint density at radius 1 is 1.03 bits per heavy atom. The van der Waals surface area contributed by atoms with E-state index in [1.807, 2.05) is 32.9 Å². The molecule has 0 unspecified atom stereocenters. The Morgan fingerprint density at radius 3 is 2.22 bits per heavy atom. The van der Waals surface area contributed by atoms with Crippen LogP contribution in [0.15, 0.2) is 29.3 Å². The van der Waals surface area contributed by atoms with Crippen molar-refractivity contribution in [3.8, 4) is 5.75 Å². The molecule has 0 fully saturated rings. The van der Waals surface area contributed by atoms with Gasteiger partial charge in [-0.25, -0.2) is 4.79 Å². The third-order valence-electron chi connectivity index (χ3n) is 4.49. The summed E-state index contributed by atoms with van der Waals surface area (Å²) in [5.41, 5.74) is 0.662. The van der Waals surface area contributed by atoms with E-state index in [0.29, 0.717) is 26.2 Å². The van der Waals surface area contributed by atoms with E-state index >= 15 is 0 Å². The van der Waals surface area contributed by atoms with E-state index in [4.69, 9.17) is 9.47 Å². The fourth-order valence-corrected chi connectivity index (χ4v) is 2.74. The minimum Gasteiger partial charge on any atom is -0.492 e. The first kappa shape index (κ1) is 30.2. The molecule has 0 atom stereocenters. The molecule has 1 amide bonds. The lowest BCUT2D eigenvalue weighted by Gasteiger charge is -2.19. The number of carbonyl (C=O) groups excluding carboxylic acids is 1. The Hall–Kier alpha value is -1.75. The third kappa shape index (κ3) is 14.3. The topological polar surface area (TPSA) is 87.2 Å². The fraction of sp³-hybridized carbons (Fsp3) is 0.652. The lowest BCUT2D eigenvalue weighted by atomic mass is 10.2. The highest BCUT2D eigenvalue weighted by atomic mass is 127. The quantitative estimate of drug-likeness (QED) is 0.156. The largest absolute Gasteiger partial charge is 0.492 e. The second-order valence-corrected chi connectivity index (χ2v) is 8.15. The lowest BCUT2D eigenvalue weighted by molar-refractivity contribution is 0.0527. The molecule has 0 heterocycles. The molecule has 184 valence electrons. The van der Waals surface area contributed by atoms with Crippen molar-refractivity contribution in [2.24, 2.45) is 4.99 Å². The average molecular weight is 564 g/mol. The van der Waals surface area contributed by atoms with Gasteiger partial charge in [0.2, 0.25) is 0 Å². The van der Waals surface area contributed by atoms with Crippen LogP contribution in [-0.4, -0.2) is 68.9 Å². The number of carbonyl (C=O) groups is 1. The Kier molecular flexibility index (Phi) is 15.9. The molecule has 9 heteroatoms. The maximum atomic E-state index is 11.6. The minimum absolute atomic E-state index is 0. The van der Waals surface area contributed by atoms with Crippen molar-refractivity contribution in [1.82, 2.24) is 20.9 Å². The molecule has 0 spiro atoms. The van der Waals surface area contributed by atoms with Gasteiger partial charge in [0.15, 0.2) is 5.96 Å². The number of amides is 1. The summed E-state index contributed by atoms with van der Waals surface area (Å²) >= 11 is 0. The van der Waals surface area contributed by atoms with Crippen molar-refractivity contribution in [2.45, 2.75) is 53.2 Å². The number of benzene rings is 1. The highest BCUT2D eigenvalue weighted by molar-refractivity contribution is 14.0. The molecule has 0 aliphatic carbocycles. The molecule has 0 radical (unpaired) electrons. The standard InChI is InChI=1S/C23H41N5O3.HI/c1-7-28(8-2)16-17-30-20-12-10-19(11-13-20)18-27-21(24-6)25-14-9-15-26-22(29)31-23(3,4)5;/h10-13H,7-9,14-18H2,1-6H3,(H,26,29)(H2,24,25,27);1H. The molecule has 1 aromatic rings. The first-order chi connectivity index (χ1) is 14.8. The molecule has 0 aliphatic rings. The summed E-state index contributed by atoms with van der Waals surface area (Å²) in [7, 11) is 1.74. The van der Waals surface area contributed by atoms with Gasteiger partial charge in [0, 0.05) is 33.2 Å². The number of halogens is 1. The van der Waals surface area contributed by atoms with Crippen molar-refractivity contribution in [1.29, 1.82) is 0 Å². The Bertz CT molecular complexity index is 659. The van der Waals surface area contributed by atoms with Crippen molar-refractivity contribution < 1.29 is 14.3 Å². The van der Waals surface area contributed by atoms with Crippen LogP contribution in [0.2, 0.25) is 0 Å². The first-order valence-corrected chi connectivity index (χ1v) is 11.1. The van der Waals surface area contributed by atoms with Gasteiger partial charge in [0.1, 0.15) is 18.0 Å². The van der Waals surface area contributed by atoms with Gasteiger partial charge in [-0.15, -0.1) is 24.0 Å². The zero-order chi connectivity index (χ0) is 23.1. The van der Waals surface area contributed by atoms with E-state index in [9.17, 15) is 4.79 Å². The number of rotatable bonds is 12. The summed E-state index contributed by atoms with van der Waals surface area (Å²) in [6.45, 7) is 15.5. The van der Waals surface area contributed by atoms with E-state index < -0.39 is 11.7 Å². The zero-order valence-corrected chi connectivity index (χ0v) is 22.8. The van der Waals surface area contributed by atoms with E-state index in [-0.39, 0.29) is 24.0 Å². The summed E-state index contributed by atoms with van der Waals surface area (Å²) in [5, 5.41) is 9.27. The molecule has 32 heavy (non-hydrogen) atoms. The van der Waals surface area contributed by atoms with E-state index in [1.54, 1.807) is 7.05 Å². The molecular formula is C23H42IN5O3. The molecule has 8 nitrogen and oxygen atoms in total. The van der Waals surface area contributed by atoms with Crippen molar-refractivity contribution in [2.75, 3.05) is 46.4 Å². The second kappa shape index (κ2) is 16.8. The van der Waals surface area contributed by atoms with Crippen LogP contribution in [0.5, 0.6) is 5.75 Å². The van der Waals surface area contributed by atoms with E-state index in [1.165, 1.54) is 0 Å². The zero-order valence-electron chi connectivity index (χ0n) is 20.5. The number of ether oxygens (including phenoxy) is 2. The maximum Gasteiger partial charge on any atom is 0.407 e. The van der Waals surface area contributed by atoms with Gasteiger partial charge in [-0.2, -0.15) is 0 Å². The van der Waals surface area contributed by atoms with Crippen LogP contribution in [0.4, 0.5) is 4.79 Å². The Labute approximate surface area is 210 Å². The average Bonchev–Trinajstić information content (AvgIpc) is 2.73. The van der Waals surface area contributed by atoms with Gasteiger partial charge in [0.05, 0.1) is 0 Å². The van der Waals surface area contributed by atoms with Crippen molar-refractivity contribution >= 4 is 36.0 Å². The highest BCUT2D eigenvalue weighted by Gasteiger charge is 2.15. The van der Waals surface area contributed by atoms with Gasteiger partial charge >= 0.3 is 6.09 Å². The predicted octanol–water partition coefficient (Wildman–Crippen LogP) is 3.61. The van der Waals surface area contributed by atoms with Gasteiger partial charge in [-0.1, -0.05) is 26.0 Å². The molecule has 0 saturated heterocycles. The molecule has 0 aliphatic heterocycles. The lowest BCUT2D eigenvalue weighted by Crippen LogP contribution is -2.39. The van der Waals surface area contributed by atoms with Gasteiger partial charge in [-0.3, -0.25) is 4.99 Å². The molecule has 3 N–H and O–H groups in total. The number of nitrogens with zero attached hydrogens (tertiary/aromatic N) is 2. The molecule has 1 rings (SSSR count). The normalized spacial score (nSPS) is 11.5. The van der Waals surface area contributed by atoms with E-state index in [0.717, 1.165) is 43.3 Å². The van der Waals surface area contributed by atoms with E-state index in [2.05, 4.69) is 51.8 Å². The SMILES string of the molecule is CCN(CC)CCOc1ccc(CNC(=NC)NCCCNC(=O)OC(C)(C)C)cc1.I. The van der Waals surface area contributed by atoms with Crippen LogP contribution in [0.25, 0.3) is 0 Å². The fourth-order valence-electron chi connectivity index (χ4n) is 2.74. The number of aliphatic imine (C=N–C) groups is 1. The summed E-state index contributed by atoms with van der Waals surface area (Å²) < 4.78 is 11.0. The first-order valence-electron chi connectivity index (χ1n) is 11.1. The smallest absolute Gasteiger partial charge is 0.407 e. The number of nitrogens with one attached hydrogen (secondary N) is 3. The second-order valence-electron chi connectivity index (χ2n) is 8.15. The third-order valence-corrected chi connectivity index (χ3v) is 4.49. The van der Waals surface area contributed by atoms with Gasteiger partial charge < -0.3 is 30.3 Å². The van der Waals surface area contributed by atoms with Gasteiger partial charge in [-0.05, 0) is 58.0 Å². The highest BCUT2D eigenvalue weighted by Crippen LogP contribution is 2.12. The number of alkyl carbamates (subject to hydrolysis) is 1. The Morgan fingerprint density at radius 2 is 1.66 bits per heavy atom. The van der Waals surface area contributed by atoms with Crippen LogP contribution >= 0.6 is 24.0 Å². The van der Waals surface area contributed by atoms with Crippen LogP contribution in [-0.2, 0) is 11.3 Å². The summed E-state index contributed by atoms with van der Waals surface area (Å²) in [6, 6.07) is 8.10. The summed E-state index contributed by atoms with van der Waals surface area (Å²) in [5.74, 6) is 1.60. The number of likely N-dealkylation sites (N-methyl/N-ethyl adjacent to an activating group) is 1. The minimum atomic E-state index is -0.482. The van der Waals surface area contributed by atoms with Gasteiger partial charge in [0.25, 0.3) is 0 Å². The number of hydrogen-bond donors (Lipinski definition) is 3. The van der Waals surface area contributed by atoms with Crippen LogP contribution < -0.4 is 20.7 Å². The maximum absolute atomic E-state index is 11.6.